The molecule has 0 saturated carbocycles. The molecule has 1 saturated heterocycles. The maximum absolute atomic E-state index is 5.95. The highest BCUT2D eigenvalue weighted by Crippen LogP contribution is 2.27. The zero-order valence-corrected chi connectivity index (χ0v) is 12.7. The third-order valence-corrected chi connectivity index (χ3v) is 4.43. The molecule has 2 N–H and O–H groups in total. The van der Waals surface area contributed by atoms with Crippen LogP contribution in [0.25, 0.3) is 11.3 Å². The normalized spacial score (nSPS) is 17.8. The summed E-state index contributed by atoms with van der Waals surface area (Å²) in [5.41, 5.74) is 9.09. The van der Waals surface area contributed by atoms with Crippen molar-refractivity contribution in [3.8, 4) is 11.3 Å². The number of aromatic nitrogens is 3. The number of nitrogens with two attached hydrogens (primary N) is 1. The molecule has 0 spiro atoms. The van der Waals surface area contributed by atoms with Gasteiger partial charge in [-0.25, -0.2) is 9.97 Å². The lowest BCUT2D eigenvalue weighted by Crippen LogP contribution is -2.37. The molecule has 1 fully saturated rings. The Morgan fingerprint density at radius 1 is 1.23 bits per heavy atom. The van der Waals surface area contributed by atoms with Gasteiger partial charge in [-0.15, -0.1) is 0 Å². The fourth-order valence-electron chi connectivity index (χ4n) is 3.25. The van der Waals surface area contributed by atoms with Gasteiger partial charge in [-0.3, -0.25) is 0 Å². The second kappa shape index (κ2) is 5.70. The van der Waals surface area contributed by atoms with Crippen molar-refractivity contribution in [3.05, 3.63) is 29.8 Å². The largest absolute Gasteiger partial charge is 0.378 e. The van der Waals surface area contributed by atoms with E-state index in [1.165, 1.54) is 12.2 Å². The van der Waals surface area contributed by atoms with Crippen LogP contribution in [0.4, 0.5) is 5.82 Å². The highest BCUT2D eigenvalue weighted by Gasteiger charge is 2.18. The van der Waals surface area contributed by atoms with Gasteiger partial charge in [0.25, 0.3) is 0 Å². The van der Waals surface area contributed by atoms with Gasteiger partial charge in [0.15, 0.2) is 0 Å². The number of rotatable bonds is 3. The van der Waals surface area contributed by atoms with Crippen molar-refractivity contribution in [2.45, 2.75) is 25.9 Å². The molecule has 0 atom stereocenters. The Morgan fingerprint density at radius 3 is 2.86 bits per heavy atom. The van der Waals surface area contributed by atoms with Gasteiger partial charge in [-0.05, 0) is 12.5 Å². The SMILES string of the molecule is NCc1cc(-c2cn3c(n2)CCC3)cnc1N1CCOCC1. The Kier molecular flexibility index (Phi) is 3.56. The molecule has 0 amide bonds. The predicted octanol–water partition coefficient (Wildman–Crippen LogP) is 1.19. The minimum atomic E-state index is 0.487. The van der Waals surface area contributed by atoms with Crippen LogP contribution in [0.15, 0.2) is 18.5 Å². The summed E-state index contributed by atoms with van der Waals surface area (Å²) in [6.07, 6.45) is 6.32. The number of fused-ring (bicyclic) bond motifs is 1. The molecule has 4 rings (SSSR count). The molecule has 2 aliphatic heterocycles. The van der Waals surface area contributed by atoms with Gasteiger partial charge in [0, 0.05) is 56.1 Å². The zero-order chi connectivity index (χ0) is 14.9. The Bertz CT molecular complexity index is 654. The molecule has 116 valence electrons. The molecule has 2 aromatic heterocycles. The molecular formula is C16H21N5O. The molecular weight excluding hydrogens is 278 g/mol. The molecule has 6 nitrogen and oxygen atoms in total. The number of pyridine rings is 1. The summed E-state index contributed by atoms with van der Waals surface area (Å²) in [5.74, 6) is 2.17. The Hall–Kier alpha value is -1.92. The molecule has 2 aromatic rings. The van der Waals surface area contributed by atoms with Gasteiger partial charge >= 0.3 is 0 Å². The van der Waals surface area contributed by atoms with E-state index in [1.807, 2.05) is 6.20 Å². The maximum Gasteiger partial charge on any atom is 0.133 e. The van der Waals surface area contributed by atoms with Crippen LogP contribution < -0.4 is 10.6 Å². The molecule has 0 unspecified atom stereocenters. The van der Waals surface area contributed by atoms with Gasteiger partial charge < -0.3 is 19.9 Å². The predicted molar refractivity (Wildman–Crippen MR) is 84.7 cm³/mol. The van der Waals surface area contributed by atoms with Crippen molar-refractivity contribution in [1.82, 2.24) is 14.5 Å². The first-order valence-corrected chi connectivity index (χ1v) is 7.93. The van der Waals surface area contributed by atoms with Crippen molar-refractivity contribution in [2.75, 3.05) is 31.2 Å². The number of hydrogen-bond acceptors (Lipinski definition) is 5. The van der Waals surface area contributed by atoms with E-state index in [-0.39, 0.29) is 0 Å². The van der Waals surface area contributed by atoms with Crippen LogP contribution in [0.1, 0.15) is 17.8 Å². The lowest BCUT2D eigenvalue weighted by molar-refractivity contribution is 0.122. The summed E-state index contributed by atoms with van der Waals surface area (Å²) in [4.78, 5) is 11.7. The van der Waals surface area contributed by atoms with Gasteiger partial charge in [-0.2, -0.15) is 0 Å². The first-order chi connectivity index (χ1) is 10.8. The summed E-state index contributed by atoms with van der Waals surface area (Å²) in [7, 11) is 0. The third kappa shape index (κ3) is 2.38. The van der Waals surface area contributed by atoms with E-state index in [0.717, 1.165) is 61.9 Å². The third-order valence-electron chi connectivity index (χ3n) is 4.43. The van der Waals surface area contributed by atoms with Crippen molar-refractivity contribution in [3.63, 3.8) is 0 Å². The van der Waals surface area contributed by atoms with Crippen LogP contribution in [0, 0.1) is 0 Å². The highest BCUT2D eigenvalue weighted by atomic mass is 16.5. The molecule has 22 heavy (non-hydrogen) atoms. The number of aryl methyl sites for hydroxylation is 2. The maximum atomic E-state index is 5.95. The molecule has 0 radical (unpaired) electrons. The molecule has 6 heteroatoms. The van der Waals surface area contributed by atoms with Gasteiger partial charge in [0.2, 0.25) is 0 Å². The van der Waals surface area contributed by atoms with Crippen molar-refractivity contribution < 1.29 is 4.74 Å². The lowest BCUT2D eigenvalue weighted by atomic mass is 10.1. The van der Waals surface area contributed by atoms with E-state index in [9.17, 15) is 0 Å². The smallest absolute Gasteiger partial charge is 0.133 e. The van der Waals surface area contributed by atoms with Crippen LogP contribution in [-0.4, -0.2) is 40.8 Å². The molecule has 0 aliphatic carbocycles. The quantitative estimate of drug-likeness (QED) is 0.922. The monoisotopic (exact) mass is 299 g/mol. The average Bonchev–Trinajstić information content (AvgIpc) is 3.17. The average molecular weight is 299 g/mol. The summed E-state index contributed by atoms with van der Waals surface area (Å²) in [6, 6.07) is 2.13. The molecule has 2 aliphatic rings. The Balaban J connectivity index is 1.66. The molecule has 0 bridgehead atoms. The highest BCUT2D eigenvalue weighted by molar-refractivity contribution is 5.63. The topological polar surface area (TPSA) is 69.2 Å². The van der Waals surface area contributed by atoms with E-state index in [0.29, 0.717) is 6.54 Å². The first-order valence-electron chi connectivity index (χ1n) is 7.93. The molecule has 4 heterocycles. The second-order valence-corrected chi connectivity index (χ2v) is 5.85. The van der Waals surface area contributed by atoms with E-state index in [1.54, 1.807) is 0 Å². The Labute approximate surface area is 129 Å². The number of anilines is 1. The molecule has 0 aromatic carbocycles. The minimum absolute atomic E-state index is 0.487. The summed E-state index contributed by atoms with van der Waals surface area (Å²) in [6.45, 7) is 4.81. The lowest BCUT2D eigenvalue weighted by Gasteiger charge is -2.29. The number of morpholine rings is 1. The van der Waals surface area contributed by atoms with Crippen LogP contribution in [0.5, 0.6) is 0 Å². The van der Waals surface area contributed by atoms with Crippen LogP contribution in [0.2, 0.25) is 0 Å². The number of nitrogens with zero attached hydrogens (tertiary/aromatic N) is 4. The van der Waals surface area contributed by atoms with Crippen LogP contribution >= 0.6 is 0 Å². The number of imidazole rings is 1. The second-order valence-electron chi connectivity index (χ2n) is 5.85. The van der Waals surface area contributed by atoms with Gasteiger partial charge in [0.05, 0.1) is 18.9 Å². The van der Waals surface area contributed by atoms with Gasteiger partial charge in [0.1, 0.15) is 11.6 Å². The van der Waals surface area contributed by atoms with Crippen LogP contribution in [0.3, 0.4) is 0 Å². The van der Waals surface area contributed by atoms with E-state index in [2.05, 4.69) is 26.7 Å². The standard InChI is InChI=1S/C16H21N5O/c17-9-12-8-13(14-11-21-3-1-2-15(21)19-14)10-18-16(12)20-4-6-22-7-5-20/h8,10-11H,1-7,9,17H2. The van der Waals surface area contributed by atoms with E-state index >= 15 is 0 Å². The van der Waals surface area contributed by atoms with Gasteiger partial charge in [-0.1, -0.05) is 0 Å². The van der Waals surface area contributed by atoms with Crippen molar-refractivity contribution >= 4 is 5.82 Å². The van der Waals surface area contributed by atoms with E-state index in [4.69, 9.17) is 15.5 Å². The van der Waals surface area contributed by atoms with E-state index < -0.39 is 0 Å². The number of ether oxygens (including phenoxy) is 1. The van der Waals surface area contributed by atoms with Crippen LogP contribution in [-0.2, 0) is 24.2 Å². The summed E-state index contributed by atoms with van der Waals surface area (Å²) in [5, 5.41) is 0. The Morgan fingerprint density at radius 2 is 2.09 bits per heavy atom. The fourth-order valence-corrected chi connectivity index (χ4v) is 3.25. The zero-order valence-electron chi connectivity index (χ0n) is 12.7. The fraction of sp³-hybridized carbons (Fsp3) is 0.500. The van der Waals surface area contributed by atoms with Crippen molar-refractivity contribution in [2.24, 2.45) is 5.73 Å². The number of hydrogen-bond donors (Lipinski definition) is 1. The van der Waals surface area contributed by atoms with Crippen molar-refractivity contribution in [1.29, 1.82) is 0 Å². The first kappa shape index (κ1) is 13.7. The minimum Gasteiger partial charge on any atom is -0.378 e. The summed E-state index contributed by atoms with van der Waals surface area (Å²) < 4.78 is 7.65. The summed E-state index contributed by atoms with van der Waals surface area (Å²) >= 11 is 0.